The maximum absolute atomic E-state index is 10.3. The fraction of sp³-hybridized carbons (Fsp3) is 0.125. The Bertz CT molecular complexity index is 247. The summed E-state index contributed by atoms with van der Waals surface area (Å²) in [6.07, 6.45) is 6.89. The lowest BCUT2D eigenvalue weighted by Crippen LogP contribution is -1.92. The van der Waals surface area contributed by atoms with E-state index < -0.39 is 5.24 Å². The maximum atomic E-state index is 10.3. The fourth-order valence-electron chi connectivity index (χ4n) is 0.800. The molecule has 0 saturated heterocycles. The highest BCUT2D eigenvalue weighted by Crippen LogP contribution is 2.14. The SMILES string of the molecule is O=C(Cl)CC(O)=C1C=CC=C1. The van der Waals surface area contributed by atoms with Crippen molar-refractivity contribution in [2.24, 2.45) is 0 Å². The number of aliphatic hydroxyl groups is 1. The molecule has 0 spiro atoms. The van der Waals surface area contributed by atoms with Crippen molar-refractivity contribution in [3.63, 3.8) is 0 Å². The van der Waals surface area contributed by atoms with Crippen molar-refractivity contribution in [1.29, 1.82) is 0 Å². The van der Waals surface area contributed by atoms with Gasteiger partial charge in [0.15, 0.2) is 0 Å². The molecule has 0 amide bonds. The number of aliphatic hydroxyl groups excluding tert-OH is 1. The summed E-state index contributed by atoms with van der Waals surface area (Å²) in [5.74, 6) is 0.0231. The second kappa shape index (κ2) is 3.39. The Balaban J connectivity index is 2.71. The van der Waals surface area contributed by atoms with Crippen LogP contribution in [0.25, 0.3) is 0 Å². The molecule has 0 radical (unpaired) electrons. The molecule has 0 aromatic heterocycles. The van der Waals surface area contributed by atoms with Gasteiger partial charge in [-0.05, 0) is 11.6 Å². The summed E-state index contributed by atoms with van der Waals surface area (Å²) >= 11 is 5.07. The van der Waals surface area contributed by atoms with E-state index in [4.69, 9.17) is 11.6 Å². The summed E-state index contributed by atoms with van der Waals surface area (Å²) in [7, 11) is 0. The van der Waals surface area contributed by atoms with E-state index in [1.54, 1.807) is 24.3 Å². The molecule has 2 nitrogen and oxygen atoms in total. The first kappa shape index (κ1) is 8.08. The molecular weight excluding hydrogens is 164 g/mol. The van der Waals surface area contributed by atoms with Crippen LogP contribution in [-0.2, 0) is 4.79 Å². The number of carbonyl (C=O) groups is 1. The lowest BCUT2D eigenvalue weighted by atomic mass is 10.2. The van der Waals surface area contributed by atoms with Crippen LogP contribution in [0.2, 0.25) is 0 Å². The Kier molecular flexibility index (Phi) is 2.49. The van der Waals surface area contributed by atoms with E-state index in [9.17, 15) is 9.90 Å². The van der Waals surface area contributed by atoms with Crippen molar-refractivity contribution < 1.29 is 9.90 Å². The topological polar surface area (TPSA) is 37.3 Å². The summed E-state index contributed by atoms with van der Waals surface area (Å²) in [5, 5.41) is 8.64. The molecule has 11 heavy (non-hydrogen) atoms. The van der Waals surface area contributed by atoms with Crippen molar-refractivity contribution in [2.75, 3.05) is 0 Å². The van der Waals surface area contributed by atoms with Crippen LogP contribution in [0, 0.1) is 0 Å². The van der Waals surface area contributed by atoms with Gasteiger partial charge in [-0.3, -0.25) is 4.79 Å². The van der Waals surface area contributed by atoms with Crippen molar-refractivity contribution >= 4 is 16.8 Å². The van der Waals surface area contributed by atoms with Gasteiger partial charge in [-0.25, -0.2) is 0 Å². The van der Waals surface area contributed by atoms with E-state index in [1.165, 1.54) is 0 Å². The van der Waals surface area contributed by atoms with Gasteiger partial charge in [-0.1, -0.05) is 24.3 Å². The van der Waals surface area contributed by atoms with E-state index in [-0.39, 0.29) is 12.2 Å². The first-order valence-corrected chi connectivity index (χ1v) is 3.53. The Morgan fingerprint density at radius 3 is 2.45 bits per heavy atom. The van der Waals surface area contributed by atoms with Crippen LogP contribution >= 0.6 is 11.6 Å². The third kappa shape index (κ3) is 2.24. The molecule has 58 valence electrons. The third-order valence-electron chi connectivity index (χ3n) is 1.30. The average Bonchev–Trinajstić information content (AvgIpc) is 2.35. The second-order valence-corrected chi connectivity index (χ2v) is 2.57. The van der Waals surface area contributed by atoms with Crippen LogP contribution in [0.15, 0.2) is 35.6 Å². The predicted octanol–water partition coefficient (Wildman–Crippen LogP) is 2.08. The normalized spacial score (nSPS) is 14.1. The van der Waals surface area contributed by atoms with Gasteiger partial charge in [0.05, 0.1) is 6.42 Å². The van der Waals surface area contributed by atoms with E-state index in [0.29, 0.717) is 5.57 Å². The van der Waals surface area contributed by atoms with Crippen molar-refractivity contribution in [3.05, 3.63) is 35.6 Å². The zero-order valence-corrected chi connectivity index (χ0v) is 6.51. The molecule has 1 aliphatic rings. The number of rotatable bonds is 2. The lowest BCUT2D eigenvalue weighted by molar-refractivity contribution is -0.111. The Morgan fingerprint density at radius 2 is 2.00 bits per heavy atom. The van der Waals surface area contributed by atoms with Gasteiger partial charge in [-0.2, -0.15) is 0 Å². The maximum Gasteiger partial charge on any atom is 0.229 e. The van der Waals surface area contributed by atoms with E-state index in [1.807, 2.05) is 0 Å². The van der Waals surface area contributed by atoms with Gasteiger partial charge in [0.25, 0.3) is 0 Å². The molecule has 0 fully saturated rings. The molecular formula is C8H7ClO2. The minimum absolute atomic E-state index is 0.0231. The van der Waals surface area contributed by atoms with Crippen molar-refractivity contribution in [1.82, 2.24) is 0 Å². The van der Waals surface area contributed by atoms with Gasteiger partial charge in [0.2, 0.25) is 5.24 Å². The summed E-state index contributed by atoms with van der Waals surface area (Å²) in [6.45, 7) is 0. The highest BCUT2D eigenvalue weighted by molar-refractivity contribution is 6.63. The zero-order chi connectivity index (χ0) is 8.27. The number of carbonyl (C=O) groups excluding carboxylic acids is 1. The first-order chi connectivity index (χ1) is 5.20. The largest absolute Gasteiger partial charge is 0.511 e. The molecule has 3 heteroatoms. The Morgan fingerprint density at radius 1 is 1.45 bits per heavy atom. The molecule has 0 bridgehead atoms. The minimum atomic E-state index is -0.552. The summed E-state index contributed by atoms with van der Waals surface area (Å²) in [6, 6.07) is 0. The molecule has 1 aliphatic carbocycles. The average molecular weight is 171 g/mol. The van der Waals surface area contributed by atoms with Gasteiger partial charge < -0.3 is 5.11 Å². The van der Waals surface area contributed by atoms with Gasteiger partial charge >= 0.3 is 0 Å². The van der Waals surface area contributed by atoms with E-state index in [0.717, 1.165) is 0 Å². The summed E-state index contributed by atoms with van der Waals surface area (Å²) < 4.78 is 0. The molecule has 1 N–H and O–H groups in total. The molecule has 0 aromatic rings. The second-order valence-electron chi connectivity index (χ2n) is 2.15. The Hall–Kier alpha value is -1.02. The quantitative estimate of drug-likeness (QED) is 0.509. The zero-order valence-electron chi connectivity index (χ0n) is 5.75. The highest BCUT2D eigenvalue weighted by Gasteiger charge is 2.05. The van der Waals surface area contributed by atoms with Crippen LogP contribution < -0.4 is 0 Å². The number of hydrogen-bond donors (Lipinski definition) is 1. The molecule has 0 heterocycles. The molecule has 0 unspecified atom stereocenters. The van der Waals surface area contributed by atoms with Crippen LogP contribution in [0.4, 0.5) is 0 Å². The van der Waals surface area contributed by atoms with Gasteiger partial charge in [0.1, 0.15) is 5.76 Å². The smallest absolute Gasteiger partial charge is 0.229 e. The van der Waals surface area contributed by atoms with E-state index in [2.05, 4.69) is 0 Å². The monoisotopic (exact) mass is 170 g/mol. The molecule has 0 saturated carbocycles. The molecule has 1 rings (SSSR count). The highest BCUT2D eigenvalue weighted by atomic mass is 35.5. The van der Waals surface area contributed by atoms with Crippen molar-refractivity contribution in [3.8, 4) is 0 Å². The van der Waals surface area contributed by atoms with Gasteiger partial charge in [-0.15, -0.1) is 0 Å². The van der Waals surface area contributed by atoms with Crippen LogP contribution in [0.5, 0.6) is 0 Å². The van der Waals surface area contributed by atoms with Crippen LogP contribution in [0.3, 0.4) is 0 Å². The number of allylic oxidation sites excluding steroid dienone is 6. The van der Waals surface area contributed by atoms with E-state index >= 15 is 0 Å². The Labute approximate surface area is 69.5 Å². The van der Waals surface area contributed by atoms with Crippen molar-refractivity contribution in [2.45, 2.75) is 6.42 Å². The molecule has 0 aliphatic heterocycles. The number of hydrogen-bond acceptors (Lipinski definition) is 2. The summed E-state index contributed by atoms with van der Waals surface area (Å²) in [4.78, 5) is 10.3. The summed E-state index contributed by atoms with van der Waals surface area (Å²) in [5.41, 5.74) is 0.652. The van der Waals surface area contributed by atoms with Crippen LogP contribution in [-0.4, -0.2) is 10.3 Å². The third-order valence-corrected chi connectivity index (χ3v) is 1.44. The lowest BCUT2D eigenvalue weighted by Gasteiger charge is -1.96. The van der Waals surface area contributed by atoms with Gasteiger partial charge in [0, 0.05) is 5.57 Å². The standard InChI is InChI=1S/C8H7ClO2/c9-8(11)5-7(10)6-3-1-2-4-6/h1-4,10H,5H2. The number of halogens is 1. The molecule has 0 aromatic carbocycles. The van der Waals surface area contributed by atoms with Crippen LogP contribution in [0.1, 0.15) is 6.42 Å². The minimum Gasteiger partial charge on any atom is -0.511 e. The fourth-order valence-corrected chi connectivity index (χ4v) is 0.927. The predicted molar refractivity (Wildman–Crippen MR) is 43.4 cm³/mol. The molecule has 0 atom stereocenters. The first-order valence-electron chi connectivity index (χ1n) is 3.15.